The summed E-state index contributed by atoms with van der Waals surface area (Å²) in [6.45, 7) is 30.8. The Bertz CT molecular complexity index is 1290. The maximum absolute atomic E-state index is 7.45. The Labute approximate surface area is 631 Å². The first-order valence-electron chi connectivity index (χ1n) is 33.4. The molecule has 1 aliphatic heterocycles. The molecule has 34 heteroatoms. The van der Waals surface area contributed by atoms with Crippen molar-refractivity contribution in [2.45, 2.75) is 76.0 Å². The summed E-state index contributed by atoms with van der Waals surface area (Å²) >= 11 is 0. The third kappa shape index (κ3) is 67.1. The zero-order valence-electron chi connectivity index (χ0n) is 59.2. The van der Waals surface area contributed by atoms with Gasteiger partial charge in [0.15, 0.2) is 0 Å². The maximum atomic E-state index is 7.45. The monoisotopic (exact) mass is 1560 g/mol. The Kier molecular flexibility index (Phi) is 77.7. The standard InChI is InChI=1S/C60H128O28Si4.BH4.Cs/c1-61-17-21-69-33-37-77-49-53-81-45-41-73-29-25-65-13-9-57-89(5)85-90(6,58-10-14-66-26-30-74-42-46-82-54-50-78-38-34-70-22-18-62-2)87-92(8,60-12-16-68-28-32-76-44-48-84-56-52-80-40-36-72-24-20-64-4)88-91(7,86-89)59-11-15-67-27-31-75-43-47-83-55-51-79-39-35-71-23-19-63-3;;/h9-60H2,1-8H3;1H4;/q;-1;+1. The number of methoxy groups -OCH3 is 4. The van der Waals surface area contributed by atoms with Crippen LogP contribution >= 0.6 is 0 Å². The molecule has 94 heavy (non-hydrogen) atoms. The van der Waals surface area contributed by atoms with Crippen molar-refractivity contribution < 1.29 is 199 Å². The molecule has 0 amide bonds. The molecule has 0 aromatic heterocycles. The summed E-state index contributed by atoms with van der Waals surface area (Å²) in [5.41, 5.74) is 0. The Morgan fingerprint density at radius 3 is 0.372 bits per heavy atom. The van der Waals surface area contributed by atoms with Crippen LogP contribution in [0.5, 0.6) is 0 Å². The molecule has 1 saturated heterocycles. The van der Waals surface area contributed by atoms with Crippen molar-refractivity contribution in [1.29, 1.82) is 0 Å². The number of hydrogen-bond acceptors (Lipinski definition) is 28. The summed E-state index contributed by atoms with van der Waals surface area (Å²) < 4.78 is 164. The van der Waals surface area contributed by atoms with Gasteiger partial charge in [0.2, 0.25) is 0 Å². The topological polar surface area (TPSA) is 258 Å². The van der Waals surface area contributed by atoms with E-state index in [1.54, 1.807) is 28.4 Å². The normalized spacial score (nSPS) is 19.1. The second-order valence-corrected chi connectivity index (χ2v) is 35.9. The van der Waals surface area contributed by atoms with Crippen molar-refractivity contribution in [3.8, 4) is 0 Å². The fourth-order valence-electron chi connectivity index (χ4n) is 8.80. The Balaban J connectivity index is 0. The van der Waals surface area contributed by atoms with Crippen LogP contribution in [0.3, 0.4) is 0 Å². The van der Waals surface area contributed by atoms with E-state index in [4.69, 9.17) is 130 Å². The molecular weight excluding hydrogens is 1420 g/mol. The van der Waals surface area contributed by atoms with Crippen molar-refractivity contribution in [3.05, 3.63) is 0 Å². The van der Waals surface area contributed by atoms with Crippen LogP contribution in [0.2, 0.25) is 50.4 Å². The molecule has 1 fully saturated rings. The smallest absolute Gasteiger partial charge is 0.416 e. The molecule has 0 aromatic carbocycles. The molecule has 0 N–H and O–H groups in total. The van der Waals surface area contributed by atoms with Gasteiger partial charge < -0.3 is 130 Å². The molecule has 0 saturated carbocycles. The van der Waals surface area contributed by atoms with E-state index in [9.17, 15) is 0 Å². The fourth-order valence-corrected chi connectivity index (χ4v) is 32.0. The van der Waals surface area contributed by atoms with Crippen LogP contribution < -0.4 is 68.9 Å². The average molecular weight is 1560 g/mol. The first-order chi connectivity index (χ1) is 45.1. The largest absolute Gasteiger partial charge is 1.00 e. The van der Waals surface area contributed by atoms with Gasteiger partial charge in [0, 0.05) is 54.9 Å². The minimum atomic E-state index is -2.97. The molecule has 1 aliphatic rings. The van der Waals surface area contributed by atoms with Crippen LogP contribution in [0.4, 0.5) is 0 Å². The van der Waals surface area contributed by atoms with Crippen molar-refractivity contribution in [2.24, 2.45) is 0 Å². The molecule has 28 nitrogen and oxygen atoms in total. The van der Waals surface area contributed by atoms with Gasteiger partial charge in [-0.25, -0.2) is 0 Å². The minimum Gasteiger partial charge on any atom is -0.416 e. The van der Waals surface area contributed by atoms with E-state index in [1.165, 1.54) is 0 Å². The maximum Gasteiger partial charge on any atom is 1.00 e. The van der Waals surface area contributed by atoms with Crippen molar-refractivity contribution in [2.75, 3.05) is 319 Å². The van der Waals surface area contributed by atoms with Gasteiger partial charge in [-0.15, -0.1) is 0 Å². The molecule has 0 radical (unpaired) electrons. The summed E-state index contributed by atoms with van der Waals surface area (Å²) in [7, 11) is -5.27. The summed E-state index contributed by atoms with van der Waals surface area (Å²) in [6, 6.07) is 2.80. The number of hydrogen-bond donors (Lipinski definition) is 0. The van der Waals surface area contributed by atoms with E-state index in [0.717, 1.165) is 25.7 Å². The van der Waals surface area contributed by atoms with E-state index >= 15 is 0 Å². The molecule has 0 spiro atoms. The molecule has 560 valence electrons. The Hall–Kier alpha value is 1.86. The van der Waals surface area contributed by atoms with Crippen LogP contribution in [0.25, 0.3) is 0 Å². The van der Waals surface area contributed by atoms with Gasteiger partial charge in [-0.1, -0.05) is 8.41 Å². The first kappa shape index (κ1) is 97.9. The van der Waals surface area contributed by atoms with Gasteiger partial charge >= 0.3 is 103 Å². The second-order valence-electron chi connectivity index (χ2n) is 21.6. The van der Waals surface area contributed by atoms with Crippen LogP contribution in [-0.2, 0) is 130 Å². The molecule has 1 heterocycles. The van der Waals surface area contributed by atoms with E-state index in [1.807, 2.05) is 0 Å². The van der Waals surface area contributed by atoms with Gasteiger partial charge in [-0.05, 0) is 76.0 Å². The average Bonchev–Trinajstić information content (AvgIpc) is 0.772. The van der Waals surface area contributed by atoms with E-state index < -0.39 is 34.2 Å². The van der Waals surface area contributed by atoms with Gasteiger partial charge in [-0.2, -0.15) is 0 Å². The third-order valence-corrected chi connectivity index (χ3v) is 31.9. The van der Waals surface area contributed by atoms with E-state index in [2.05, 4.69) is 26.2 Å². The van der Waals surface area contributed by atoms with Gasteiger partial charge in [0.05, 0.1) is 264 Å². The van der Waals surface area contributed by atoms with Crippen LogP contribution in [0, 0.1) is 0 Å². The summed E-state index contributed by atoms with van der Waals surface area (Å²) in [5, 5.41) is 0. The molecule has 0 aliphatic carbocycles. The third-order valence-electron chi connectivity index (χ3n) is 13.1. The molecule has 0 bridgehead atoms. The first-order valence-corrected chi connectivity index (χ1v) is 43.5. The quantitative estimate of drug-likeness (QED) is 0.0589. The Morgan fingerprint density at radius 1 is 0.170 bits per heavy atom. The fraction of sp³-hybridized carbons (Fsp3) is 1.00. The summed E-state index contributed by atoms with van der Waals surface area (Å²) in [5.74, 6) is 0. The Morgan fingerprint density at radius 2 is 0.266 bits per heavy atom. The molecular formula is C60H132BCsO28Si4. The second kappa shape index (κ2) is 74.6. The van der Waals surface area contributed by atoms with Crippen LogP contribution in [0.15, 0.2) is 0 Å². The van der Waals surface area contributed by atoms with E-state index in [-0.39, 0.29) is 77.3 Å². The molecule has 0 atom stereocenters. The van der Waals surface area contributed by atoms with Gasteiger partial charge in [0.25, 0.3) is 0 Å². The predicted molar refractivity (Wildman–Crippen MR) is 364 cm³/mol. The minimum absolute atomic E-state index is 0. The number of rotatable bonds is 76. The SMILES string of the molecule is COCCOCCOCCOCCOCCOCCC[Si]1(C)O[Si](C)(CCCOCCOCCOCCOCCOCCOC)O[Si](C)(CCCOCCOCCOCCOCCOCCOC)O[Si](C)(CCCOCCOCCOCCOCCOCCOC)O1.[BH4-].[Cs+]. The van der Waals surface area contributed by atoms with Crippen LogP contribution in [0.1, 0.15) is 25.7 Å². The van der Waals surface area contributed by atoms with E-state index in [0.29, 0.717) is 315 Å². The number of ether oxygens (including phenoxy) is 24. The summed E-state index contributed by atoms with van der Waals surface area (Å²) in [6.07, 6.45) is 2.95. The molecule has 0 aromatic rings. The van der Waals surface area contributed by atoms with Gasteiger partial charge in [0.1, 0.15) is 0 Å². The molecule has 0 unspecified atom stereocenters. The summed E-state index contributed by atoms with van der Waals surface area (Å²) in [4.78, 5) is 0. The van der Waals surface area contributed by atoms with Crippen LogP contribution in [-0.4, -0.2) is 362 Å². The van der Waals surface area contributed by atoms with Crippen molar-refractivity contribution in [1.82, 2.24) is 0 Å². The van der Waals surface area contributed by atoms with Crippen molar-refractivity contribution in [3.63, 3.8) is 0 Å². The molecule has 1 rings (SSSR count). The zero-order chi connectivity index (χ0) is 66.6. The van der Waals surface area contributed by atoms with Crippen molar-refractivity contribution >= 4 is 42.7 Å². The predicted octanol–water partition coefficient (Wildman–Crippen LogP) is 0.385. The van der Waals surface area contributed by atoms with Gasteiger partial charge in [-0.3, -0.25) is 0 Å². The zero-order valence-corrected chi connectivity index (χ0v) is 69.5.